The minimum atomic E-state index is -0.979. The first-order valence-corrected chi connectivity index (χ1v) is 6.01. The van der Waals surface area contributed by atoms with Crippen LogP contribution in [-0.2, 0) is 6.42 Å². The van der Waals surface area contributed by atoms with E-state index in [1.807, 2.05) is 25.1 Å². The number of nitrogens with one attached hydrogen (secondary N) is 1. The average molecular weight is 257 g/mol. The number of anilines is 1. The van der Waals surface area contributed by atoms with Crippen molar-refractivity contribution in [2.24, 2.45) is 0 Å². The molecule has 19 heavy (non-hydrogen) atoms. The molecule has 0 aliphatic heterocycles. The van der Waals surface area contributed by atoms with Crippen LogP contribution >= 0.6 is 0 Å². The second kappa shape index (κ2) is 5.95. The molecule has 2 rings (SSSR count). The van der Waals surface area contributed by atoms with Crippen molar-refractivity contribution in [3.63, 3.8) is 0 Å². The normalized spacial score (nSPS) is 10.2. The van der Waals surface area contributed by atoms with Crippen molar-refractivity contribution >= 4 is 11.8 Å². The molecule has 0 aromatic carbocycles. The summed E-state index contributed by atoms with van der Waals surface area (Å²) in [5, 5.41) is 12.1. The third-order valence-electron chi connectivity index (χ3n) is 2.66. The highest BCUT2D eigenvalue weighted by atomic mass is 16.4. The van der Waals surface area contributed by atoms with Gasteiger partial charge in [0, 0.05) is 30.6 Å². The number of carbonyl (C=O) groups is 1. The Balaban J connectivity index is 2.03. The summed E-state index contributed by atoms with van der Waals surface area (Å²) in [6.07, 6.45) is 2.46. The molecule has 0 bridgehead atoms. The molecule has 0 fully saturated rings. The lowest BCUT2D eigenvalue weighted by Gasteiger charge is -2.09. The number of rotatable bonds is 5. The molecule has 0 aliphatic carbocycles. The molecule has 0 saturated carbocycles. The van der Waals surface area contributed by atoms with Gasteiger partial charge in [-0.2, -0.15) is 0 Å². The zero-order valence-corrected chi connectivity index (χ0v) is 10.6. The van der Waals surface area contributed by atoms with Gasteiger partial charge in [0.25, 0.3) is 0 Å². The summed E-state index contributed by atoms with van der Waals surface area (Å²) in [7, 11) is 0. The van der Waals surface area contributed by atoms with Crippen molar-refractivity contribution in [3.05, 3.63) is 53.5 Å². The number of hydrogen-bond acceptors (Lipinski definition) is 4. The van der Waals surface area contributed by atoms with Crippen LogP contribution in [0.1, 0.15) is 21.7 Å². The smallest absolute Gasteiger partial charge is 0.339 e. The molecule has 0 saturated heterocycles. The number of aromatic carboxylic acids is 1. The summed E-state index contributed by atoms with van der Waals surface area (Å²) in [6.45, 7) is 2.42. The SMILES string of the molecule is Cc1ccc(C(=O)O)c(NCCc2ccccn2)n1. The number of aromatic nitrogens is 2. The monoisotopic (exact) mass is 257 g/mol. The zero-order valence-electron chi connectivity index (χ0n) is 10.6. The Morgan fingerprint density at radius 1 is 1.32 bits per heavy atom. The van der Waals surface area contributed by atoms with E-state index in [2.05, 4.69) is 15.3 Å². The molecule has 5 nitrogen and oxygen atoms in total. The van der Waals surface area contributed by atoms with Crippen LogP contribution in [0.4, 0.5) is 5.82 Å². The van der Waals surface area contributed by atoms with Crippen LogP contribution in [0.5, 0.6) is 0 Å². The Morgan fingerprint density at radius 2 is 2.16 bits per heavy atom. The van der Waals surface area contributed by atoms with E-state index in [0.717, 1.165) is 17.8 Å². The van der Waals surface area contributed by atoms with Crippen LogP contribution in [0.2, 0.25) is 0 Å². The molecule has 98 valence electrons. The molecular formula is C14H15N3O2. The summed E-state index contributed by atoms with van der Waals surface area (Å²) < 4.78 is 0. The Hall–Kier alpha value is -2.43. The van der Waals surface area contributed by atoms with E-state index in [1.165, 1.54) is 0 Å². The van der Waals surface area contributed by atoms with E-state index in [0.29, 0.717) is 12.4 Å². The second-order valence-electron chi connectivity index (χ2n) is 4.15. The van der Waals surface area contributed by atoms with Crippen molar-refractivity contribution in [1.82, 2.24) is 9.97 Å². The van der Waals surface area contributed by atoms with E-state index in [4.69, 9.17) is 5.11 Å². The maximum atomic E-state index is 11.1. The van der Waals surface area contributed by atoms with Gasteiger partial charge in [-0.25, -0.2) is 9.78 Å². The highest BCUT2D eigenvalue weighted by Gasteiger charge is 2.10. The fourth-order valence-corrected chi connectivity index (χ4v) is 1.72. The van der Waals surface area contributed by atoms with Crippen LogP contribution in [0.15, 0.2) is 36.5 Å². The van der Waals surface area contributed by atoms with E-state index in [-0.39, 0.29) is 5.56 Å². The molecule has 2 heterocycles. The van der Waals surface area contributed by atoms with E-state index in [1.54, 1.807) is 18.3 Å². The van der Waals surface area contributed by atoms with Crippen LogP contribution in [-0.4, -0.2) is 27.6 Å². The van der Waals surface area contributed by atoms with Crippen molar-refractivity contribution in [2.75, 3.05) is 11.9 Å². The van der Waals surface area contributed by atoms with Gasteiger partial charge in [0.15, 0.2) is 0 Å². The van der Waals surface area contributed by atoms with Crippen LogP contribution in [0, 0.1) is 6.92 Å². The summed E-state index contributed by atoms with van der Waals surface area (Å²) >= 11 is 0. The first kappa shape index (κ1) is 13.0. The lowest BCUT2D eigenvalue weighted by molar-refractivity contribution is 0.0697. The number of carboxylic acid groups (broad SMARTS) is 1. The van der Waals surface area contributed by atoms with Gasteiger partial charge in [0.1, 0.15) is 11.4 Å². The summed E-state index contributed by atoms with van der Waals surface area (Å²) in [5.74, 6) is -0.573. The lowest BCUT2D eigenvalue weighted by Crippen LogP contribution is -2.12. The Morgan fingerprint density at radius 3 is 2.84 bits per heavy atom. The van der Waals surface area contributed by atoms with Crippen LogP contribution in [0.3, 0.4) is 0 Å². The fourth-order valence-electron chi connectivity index (χ4n) is 1.72. The number of nitrogens with zero attached hydrogens (tertiary/aromatic N) is 2. The first-order chi connectivity index (χ1) is 9.16. The maximum absolute atomic E-state index is 11.1. The largest absolute Gasteiger partial charge is 0.478 e. The Kier molecular flexibility index (Phi) is 4.07. The van der Waals surface area contributed by atoms with E-state index >= 15 is 0 Å². The van der Waals surface area contributed by atoms with Crippen molar-refractivity contribution in [3.8, 4) is 0 Å². The molecular weight excluding hydrogens is 242 g/mol. The van der Waals surface area contributed by atoms with Crippen molar-refractivity contribution in [2.45, 2.75) is 13.3 Å². The van der Waals surface area contributed by atoms with Gasteiger partial charge in [-0.15, -0.1) is 0 Å². The van der Waals surface area contributed by atoms with E-state index in [9.17, 15) is 4.79 Å². The van der Waals surface area contributed by atoms with Gasteiger partial charge in [0.05, 0.1) is 0 Å². The summed E-state index contributed by atoms with van der Waals surface area (Å²) in [5.41, 5.74) is 1.93. The fraction of sp³-hybridized carbons (Fsp3) is 0.214. The Labute approximate surface area is 111 Å². The summed E-state index contributed by atoms with van der Waals surface area (Å²) in [6, 6.07) is 8.97. The van der Waals surface area contributed by atoms with Gasteiger partial charge in [-0.1, -0.05) is 6.07 Å². The predicted octanol–water partition coefficient (Wildman–Crippen LogP) is 2.14. The number of aryl methyl sites for hydroxylation is 1. The van der Waals surface area contributed by atoms with Gasteiger partial charge in [-0.05, 0) is 31.2 Å². The highest BCUT2D eigenvalue weighted by Crippen LogP contribution is 2.13. The predicted molar refractivity (Wildman–Crippen MR) is 72.4 cm³/mol. The van der Waals surface area contributed by atoms with Crippen LogP contribution < -0.4 is 5.32 Å². The second-order valence-corrected chi connectivity index (χ2v) is 4.15. The number of pyridine rings is 2. The molecule has 0 atom stereocenters. The third kappa shape index (κ3) is 3.51. The molecule has 2 aromatic heterocycles. The van der Waals surface area contributed by atoms with Gasteiger partial charge in [-0.3, -0.25) is 4.98 Å². The van der Waals surface area contributed by atoms with Crippen molar-refractivity contribution in [1.29, 1.82) is 0 Å². The average Bonchev–Trinajstić information content (AvgIpc) is 2.39. The molecule has 0 spiro atoms. The number of carboxylic acids is 1. The molecule has 5 heteroatoms. The molecule has 0 radical (unpaired) electrons. The topological polar surface area (TPSA) is 75.1 Å². The minimum Gasteiger partial charge on any atom is -0.478 e. The highest BCUT2D eigenvalue weighted by molar-refractivity contribution is 5.93. The van der Waals surface area contributed by atoms with Gasteiger partial charge >= 0.3 is 5.97 Å². The van der Waals surface area contributed by atoms with Crippen LogP contribution in [0.25, 0.3) is 0 Å². The standard InChI is InChI=1S/C14H15N3O2/c1-10-5-6-12(14(18)19)13(17-10)16-9-7-11-4-2-3-8-15-11/h2-6,8H,7,9H2,1H3,(H,16,17)(H,18,19). The maximum Gasteiger partial charge on any atom is 0.339 e. The zero-order chi connectivity index (χ0) is 13.7. The van der Waals surface area contributed by atoms with E-state index < -0.39 is 5.97 Å². The molecule has 0 unspecified atom stereocenters. The molecule has 2 aromatic rings. The number of hydrogen-bond donors (Lipinski definition) is 2. The Bertz CT molecular complexity index is 570. The van der Waals surface area contributed by atoms with Gasteiger partial charge in [0.2, 0.25) is 0 Å². The quantitative estimate of drug-likeness (QED) is 0.858. The molecule has 2 N–H and O–H groups in total. The third-order valence-corrected chi connectivity index (χ3v) is 2.66. The molecule has 0 aliphatic rings. The summed E-state index contributed by atoms with van der Waals surface area (Å²) in [4.78, 5) is 19.5. The van der Waals surface area contributed by atoms with Crippen molar-refractivity contribution < 1.29 is 9.90 Å². The molecule has 0 amide bonds. The minimum absolute atomic E-state index is 0.187. The lowest BCUT2D eigenvalue weighted by atomic mass is 10.2. The van der Waals surface area contributed by atoms with Gasteiger partial charge < -0.3 is 10.4 Å². The first-order valence-electron chi connectivity index (χ1n) is 6.01.